The quantitative estimate of drug-likeness (QED) is 0.597. The van der Waals surface area contributed by atoms with Crippen molar-refractivity contribution in [3.8, 4) is 5.75 Å². The van der Waals surface area contributed by atoms with E-state index in [1.807, 2.05) is 24.3 Å². The molecule has 174 valence electrons. The summed E-state index contributed by atoms with van der Waals surface area (Å²) < 4.78 is 57.4. The first-order valence-electron chi connectivity index (χ1n) is 10.3. The van der Waals surface area contributed by atoms with Crippen LogP contribution in [0, 0.1) is 11.6 Å². The number of methoxy groups -OCH3 is 1. The first kappa shape index (κ1) is 23.8. The second-order valence-electron chi connectivity index (χ2n) is 7.58. The van der Waals surface area contributed by atoms with E-state index in [-0.39, 0.29) is 31.0 Å². The zero-order valence-electron chi connectivity index (χ0n) is 18.1. The van der Waals surface area contributed by atoms with Gasteiger partial charge < -0.3 is 14.5 Å². The van der Waals surface area contributed by atoms with Crippen LogP contribution in [-0.4, -0.2) is 65.3 Å². The highest BCUT2D eigenvalue weighted by Crippen LogP contribution is 2.28. The number of rotatable bonds is 8. The Bertz CT molecular complexity index is 1060. The summed E-state index contributed by atoms with van der Waals surface area (Å²) in [6, 6.07) is 10.7. The van der Waals surface area contributed by atoms with Gasteiger partial charge >= 0.3 is 0 Å². The number of sulfonamides is 1. The van der Waals surface area contributed by atoms with Crippen LogP contribution in [-0.2, 0) is 14.8 Å². The Balaban J connectivity index is 1.54. The van der Waals surface area contributed by atoms with E-state index >= 15 is 0 Å². The second kappa shape index (κ2) is 10.2. The summed E-state index contributed by atoms with van der Waals surface area (Å²) in [6.07, 6.45) is 1.41. The molecule has 32 heavy (non-hydrogen) atoms. The van der Waals surface area contributed by atoms with Crippen LogP contribution in [0.5, 0.6) is 5.75 Å². The molecule has 0 unspecified atom stereocenters. The number of amides is 1. The van der Waals surface area contributed by atoms with Gasteiger partial charge in [0.2, 0.25) is 15.9 Å². The minimum atomic E-state index is -3.71. The van der Waals surface area contributed by atoms with Crippen LogP contribution in [0.2, 0.25) is 0 Å². The van der Waals surface area contributed by atoms with Crippen molar-refractivity contribution in [2.24, 2.45) is 0 Å². The zero-order chi connectivity index (χ0) is 23.3. The average molecular weight is 468 g/mol. The predicted molar refractivity (Wildman–Crippen MR) is 120 cm³/mol. The molecule has 0 saturated carbocycles. The maximum Gasteiger partial charge on any atom is 0.232 e. The van der Waals surface area contributed by atoms with Gasteiger partial charge in [-0.25, -0.2) is 17.2 Å². The number of anilines is 2. The first-order valence-corrected chi connectivity index (χ1v) is 12.1. The molecule has 0 spiro atoms. The van der Waals surface area contributed by atoms with Gasteiger partial charge in [0.25, 0.3) is 0 Å². The van der Waals surface area contributed by atoms with E-state index < -0.39 is 21.7 Å². The van der Waals surface area contributed by atoms with Crippen LogP contribution < -0.4 is 13.9 Å². The van der Waals surface area contributed by atoms with Crippen molar-refractivity contribution in [2.75, 3.05) is 55.3 Å². The van der Waals surface area contributed by atoms with E-state index in [4.69, 9.17) is 4.74 Å². The lowest BCUT2D eigenvalue weighted by Gasteiger charge is -2.36. The second-order valence-corrected chi connectivity index (χ2v) is 9.48. The molecule has 3 rings (SSSR count). The molecule has 1 aliphatic rings. The Morgan fingerprint density at radius 1 is 1.06 bits per heavy atom. The number of carbonyl (C=O) groups excluding carboxylic acids is 1. The van der Waals surface area contributed by atoms with Crippen LogP contribution in [0.25, 0.3) is 0 Å². The standard InChI is InChI=1S/C22H27F2N3O4S/c1-31-21-7-4-3-6-20(21)25-12-14-26(15-13-25)22(28)8-5-11-27(32(2,29)30)17-9-10-18(23)19(24)16-17/h3-4,6-7,9-10,16H,5,8,11-15H2,1-2H3. The number of para-hydroxylation sites is 2. The Labute approximate surface area is 187 Å². The van der Waals surface area contributed by atoms with Crippen molar-refractivity contribution in [1.29, 1.82) is 0 Å². The number of piperazine rings is 1. The van der Waals surface area contributed by atoms with Crippen molar-refractivity contribution < 1.29 is 26.7 Å². The van der Waals surface area contributed by atoms with Gasteiger partial charge in [-0.3, -0.25) is 9.10 Å². The summed E-state index contributed by atoms with van der Waals surface area (Å²) in [5.41, 5.74) is 1.02. The summed E-state index contributed by atoms with van der Waals surface area (Å²) >= 11 is 0. The summed E-state index contributed by atoms with van der Waals surface area (Å²) in [5, 5.41) is 0. The fraction of sp³-hybridized carbons (Fsp3) is 0.409. The molecular weight excluding hydrogens is 440 g/mol. The lowest BCUT2D eigenvalue weighted by Crippen LogP contribution is -2.49. The maximum atomic E-state index is 13.6. The Morgan fingerprint density at radius 3 is 2.38 bits per heavy atom. The van der Waals surface area contributed by atoms with Crippen LogP contribution >= 0.6 is 0 Å². The van der Waals surface area contributed by atoms with Crippen molar-refractivity contribution >= 4 is 27.3 Å². The van der Waals surface area contributed by atoms with E-state index in [0.29, 0.717) is 26.2 Å². The smallest absolute Gasteiger partial charge is 0.232 e. The van der Waals surface area contributed by atoms with E-state index in [0.717, 1.165) is 34.1 Å². The molecule has 2 aromatic rings. The highest BCUT2D eigenvalue weighted by molar-refractivity contribution is 7.92. The van der Waals surface area contributed by atoms with Gasteiger partial charge in [0.05, 0.1) is 24.7 Å². The lowest BCUT2D eigenvalue weighted by atomic mass is 10.2. The zero-order valence-corrected chi connectivity index (χ0v) is 18.9. The number of carbonyl (C=O) groups is 1. The molecule has 1 aliphatic heterocycles. The molecule has 0 bridgehead atoms. The van der Waals surface area contributed by atoms with Gasteiger partial charge in [-0.15, -0.1) is 0 Å². The van der Waals surface area contributed by atoms with E-state index in [9.17, 15) is 22.0 Å². The highest BCUT2D eigenvalue weighted by atomic mass is 32.2. The topological polar surface area (TPSA) is 70.2 Å². The number of hydrogen-bond donors (Lipinski definition) is 0. The molecule has 0 aliphatic carbocycles. The molecule has 1 fully saturated rings. The third kappa shape index (κ3) is 5.67. The molecule has 0 N–H and O–H groups in total. The summed E-state index contributed by atoms with van der Waals surface area (Å²) in [7, 11) is -2.09. The molecule has 0 aromatic heterocycles. The number of halogens is 2. The van der Waals surface area contributed by atoms with Crippen molar-refractivity contribution in [1.82, 2.24) is 4.90 Å². The molecule has 0 atom stereocenters. The van der Waals surface area contributed by atoms with E-state index in [1.165, 1.54) is 6.07 Å². The fourth-order valence-electron chi connectivity index (χ4n) is 3.75. The van der Waals surface area contributed by atoms with Crippen LogP contribution in [0.3, 0.4) is 0 Å². The van der Waals surface area contributed by atoms with Gasteiger partial charge in [0, 0.05) is 45.2 Å². The largest absolute Gasteiger partial charge is 0.495 e. The van der Waals surface area contributed by atoms with Gasteiger partial charge in [-0.1, -0.05) is 12.1 Å². The van der Waals surface area contributed by atoms with Crippen molar-refractivity contribution in [3.63, 3.8) is 0 Å². The molecule has 10 heteroatoms. The third-order valence-corrected chi connectivity index (χ3v) is 6.60. The number of hydrogen-bond acceptors (Lipinski definition) is 5. The normalized spacial score (nSPS) is 14.4. The summed E-state index contributed by atoms with van der Waals surface area (Å²) in [6.45, 7) is 2.43. The van der Waals surface area contributed by atoms with Gasteiger partial charge in [0.1, 0.15) is 5.75 Å². The Kier molecular flexibility index (Phi) is 7.55. The Morgan fingerprint density at radius 2 is 1.75 bits per heavy atom. The molecule has 2 aromatic carbocycles. The molecule has 0 radical (unpaired) electrons. The summed E-state index contributed by atoms with van der Waals surface area (Å²) in [5.74, 6) is -1.46. The SMILES string of the molecule is COc1ccccc1N1CCN(C(=O)CCCN(c2ccc(F)c(F)c2)S(C)(=O)=O)CC1. The number of nitrogens with zero attached hydrogens (tertiary/aromatic N) is 3. The van der Waals surface area contributed by atoms with Gasteiger partial charge in [-0.2, -0.15) is 0 Å². The van der Waals surface area contributed by atoms with Crippen LogP contribution in [0.15, 0.2) is 42.5 Å². The number of ether oxygens (including phenoxy) is 1. The molecule has 1 amide bonds. The van der Waals surface area contributed by atoms with Crippen LogP contribution in [0.1, 0.15) is 12.8 Å². The van der Waals surface area contributed by atoms with Crippen molar-refractivity contribution in [2.45, 2.75) is 12.8 Å². The van der Waals surface area contributed by atoms with E-state index in [1.54, 1.807) is 12.0 Å². The Hall–Kier alpha value is -2.88. The molecule has 1 saturated heterocycles. The molecule has 7 nitrogen and oxygen atoms in total. The molecular formula is C22H27F2N3O4S. The van der Waals surface area contributed by atoms with E-state index in [2.05, 4.69) is 4.90 Å². The first-order chi connectivity index (χ1) is 15.2. The van der Waals surface area contributed by atoms with Crippen molar-refractivity contribution in [3.05, 3.63) is 54.1 Å². The molecule has 1 heterocycles. The minimum absolute atomic E-state index is 0.00315. The van der Waals surface area contributed by atoms with Gasteiger partial charge in [0.15, 0.2) is 11.6 Å². The predicted octanol–water partition coefficient (Wildman–Crippen LogP) is 2.87. The average Bonchev–Trinajstić information content (AvgIpc) is 2.78. The number of benzene rings is 2. The fourth-order valence-corrected chi connectivity index (χ4v) is 4.70. The minimum Gasteiger partial charge on any atom is -0.495 e. The third-order valence-electron chi connectivity index (χ3n) is 5.40. The van der Waals surface area contributed by atoms with Crippen LogP contribution in [0.4, 0.5) is 20.2 Å². The maximum absolute atomic E-state index is 13.6. The lowest BCUT2D eigenvalue weighted by molar-refractivity contribution is -0.131. The van der Waals surface area contributed by atoms with Gasteiger partial charge in [-0.05, 0) is 30.7 Å². The summed E-state index contributed by atoms with van der Waals surface area (Å²) in [4.78, 5) is 16.6. The highest BCUT2D eigenvalue weighted by Gasteiger charge is 2.24. The monoisotopic (exact) mass is 467 g/mol.